The van der Waals surface area contributed by atoms with Gasteiger partial charge in [-0.15, -0.1) is 22.7 Å². The molecule has 0 unspecified atom stereocenters. The van der Waals surface area contributed by atoms with E-state index in [1.54, 1.807) is 39.8 Å². The molecule has 3 heterocycles. The molecule has 1 amide bonds. The predicted octanol–water partition coefficient (Wildman–Crippen LogP) is 4.30. The minimum absolute atomic E-state index is 0.147. The second kappa shape index (κ2) is 7.23. The maximum atomic E-state index is 12.6. The second-order valence-corrected chi connectivity index (χ2v) is 7.92. The predicted molar refractivity (Wildman–Crippen MR) is 105 cm³/mol. The van der Waals surface area contributed by atoms with Gasteiger partial charge in [0.05, 0.1) is 34.6 Å². The molecule has 1 aromatic carbocycles. The lowest BCUT2D eigenvalue weighted by atomic mass is 10.3. The third-order valence-electron chi connectivity index (χ3n) is 3.86. The highest BCUT2D eigenvalue weighted by atomic mass is 32.1. The molecule has 4 rings (SSSR count). The standard InChI is InChI=1S/C19H16N4OS2/c1-13-22-16(11-25-13)18-8-7-15(26-18)9-21-19(24)17-10-20-12-23(17)14-5-3-2-4-6-14/h2-8,10-12H,9H2,1H3,(H,21,24). The van der Waals surface area contributed by atoms with Gasteiger partial charge in [-0.25, -0.2) is 9.97 Å². The molecule has 0 radical (unpaired) electrons. The number of nitrogens with one attached hydrogen (secondary N) is 1. The van der Waals surface area contributed by atoms with Crippen molar-refractivity contribution in [1.29, 1.82) is 0 Å². The Kier molecular flexibility index (Phi) is 4.64. The maximum absolute atomic E-state index is 12.6. The van der Waals surface area contributed by atoms with E-state index in [0.29, 0.717) is 12.2 Å². The lowest BCUT2D eigenvalue weighted by Gasteiger charge is -2.08. The van der Waals surface area contributed by atoms with Crippen molar-refractivity contribution in [1.82, 2.24) is 19.9 Å². The molecule has 1 N–H and O–H groups in total. The van der Waals surface area contributed by atoms with Crippen LogP contribution in [-0.2, 0) is 6.54 Å². The molecule has 7 heteroatoms. The first-order valence-electron chi connectivity index (χ1n) is 8.08. The van der Waals surface area contributed by atoms with Crippen LogP contribution < -0.4 is 5.32 Å². The molecule has 0 fully saturated rings. The van der Waals surface area contributed by atoms with E-state index >= 15 is 0 Å². The van der Waals surface area contributed by atoms with Crippen molar-refractivity contribution in [2.75, 3.05) is 0 Å². The number of imidazole rings is 1. The van der Waals surface area contributed by atoms with E-state index in [-0.39, 0.29) is 5.91 Å². The molecule has 4 aromatic rings. The quantitative estimate of drug-likeness (QED) is 0.562. The van der Waals surface area contributed by atoms with E-state index < -0.39 is 0 Å². The fourth-order valence-corrected chi connectivity index (χ4v) is 4.20. The number of benzene rings is 1. The Morgan fingerprint density at radius 2 is 2.04 bits per heavy atom. The van der Waals surface area contributed by atoms with Crippen LogP contribution in [-0.4, -0.2) is 20.4 Å². The third-order valence-corrected chi connectivity index (χ3v) is 5.74. The topological polar surface area (TPSA) is 59.8 Å². The number of carbonyl (C=O) groups is 1. The summed E-state index contributed by atoms with van der Waals surface area (Å²) in [6, 6.07) is 13.8. The number of thiophene rings is 1. The maximum Gasteiger partial charge on any atom is 0.270 e. The van der Waals surface area contributed by atoms with E-state index in [9.17, 15) is 4.79 Å². The fourth-order valence-electron chi connectivity index (χ4n) is 2.60. The van der Waals surface area contributed by atoms with Gasteiger partial charge in [-0.1, -0.05) is 18.2 Å². The van der Waals surface area contributed by atoms with Gasteiger partial charge in [0.25, 0.3) is 5.91 Å². The number of carbonyl (C=O) groups excluding carboxylic acids is 1. The molecule has 0 aliphatic rings. The highest BCUT2D eigenvalue weighted by Crippen LogP contribution is 2.29. The van der Waals surface area contributed by atoms with Crippen LogP contribution in [0.1, 0.15) is 20.4 Å². The number of rotatable bonds is 5. The summed E-state index contributed by atoms with van der Waals surface area (Å²) < 4.78 is 1.78. The zero-order valence-electron chi connectivity index (χ0n) is 14.0. The zero-order valence-corrected chi connectivity index (χ0v) is 15.7. The number of hydrogen-bond acceptors (Lipinski definition) is 5. The largest absolute Gasteiger partial charge is 0.346 e. The average molecular weight is 380 g/mol. The zero-order chi connectivity index (χ0) is 17.9. The Hall–Kier alpha value is -2.77. The smallest absolute Gasteiger partial charge is 0.270 e. The molecule has 26 heavy (non-hydrogen) atoms. The minimum atomic E-state index is -0.147. The highest BCUT2D eigenvalue weighted by Gasteiger charge is 2.13. The molecule has 3 aromatic heterocycles. The van der Waals surface area contributed by atoms with Gasteiger partial charge in [-0.05, 0) is 31.2 Å². The molecule has 0 spiro atoms. The molecule has 0 atom stereocenters. The van der Waals surface area contributed by atoms with E-state index in [0.717, 1.165) is 26.1 Å². The van der Waals surface area contributed by atoms with E-state index in [4.69, 9.17) is 0 Å². The molecule has 130 valence electrons. The van der Waals surface area contributed by atoms with Gasteiger partial charge in [-0.3, -0.25) is 9.36 Å². The number of para-hydroxylation sites is 1. The Morgan fingerprint density at radius 3 is 2.81 bits per heavy atom. The summed E-state index contributed by atoms with van der Waals surface area (Å²) in [7, 11) is 0. The number of amides is 1. The molecule has 0 saturated carbocycles. The SMILES string of the molecule is Cc1nc(-c2ccc(CNC(=O)c3cncn3-c3ccccc3)s2)cs1. The van der Waals surface area contributed by atoms with Crippen molar-refractivity contribution in [3.8, 4) is 16.3 Å². The van der Waals surface area contributed by atoms with E-state index in [1.165, 1.54) is 0 Å². The van der Waals surface area contributed by atoms with Crippen molar-refractivity contribution in [2.45, 2.75) is 13.5 Å². The Labute approximate surface area is 159 Å². The summed E-state index contributed by atoms with van der Waals surface area (Å²) in [4.78, 5) is 23.4. The van der Waals surface area contributed by atoms with Gasteiger partial charge in [0.2, 0.25) is 0 Å². The van der Waals surface area contributed by atoms with Crippen molar-refractivity contribution in [2.24, 2.45) is 0 Å². The molecular formula is C19H16N4OS2. The van der Waals surface area contributed by atoms with Crippen LogP contribution in [0.2, 0.25) is 0 Å². The van der Waals surface area contributed by atoms with Gasteiger partial charge in [0, 0.05) is 15.9 Å². The van der Waals surface area contributed by atoms with E-state index in [2.05, 4.69) is 26.7 Å². The molecule has 5 nitrogen and oxygen atoms in total. The lowest BCUT2D eigenvalue weighted by Crippen LogP contribution is -2.24. The summed E-state index contributed by atoms with van der Waals surface area (Å²) in [5.41, 5.74) is 2.42. The number of thiazole rings is 1. The average Bonchev–Trinajstić information content (AvgIpc) is 3.40. The fraction of sp³-hybridized carbons (Fsp3) is 0.105. The van der Waals surface area contributed by atoms with Gasteiger partial charge in [0.1, 0.15) is 5.69 Å². The molecule has 0 bridgehead atoms. The summed E-state index contributed by atoms with van der Waals surface area (Å²) >= 11 is 3.29. The van der Waals surface area contributed by atoms with Gasteiger partial charge >= 0.3 is 0 Å². The van der Waals surface area contributed by atoms with Crippen molar-refractivity contribution < 1.29 is 4.79 Å². The molecule has 0 saturated heterocycles. The number of nitrogens with zero attached hydrogens (tertiary/aromatic N) is 3. The summed E-state index contributed by atoms with van der Waals surface area (Å²) in [5, 5.41) is 6.09. The Balaban J connectivity index is 1.45. The lowest BCUT2D eigenvalue weighted by molar-refractivity contribution is 0.0944. The minimum Gasteiger partial charge on any atom is -0.346 e. The van der Waals surface area contributed by atoms with Crippen LogP contribution in [0.5, 0.6) is 0 Å². The number of hydrogen-bond donors (Lipinski definition) is 1. The second-order valence-electron chi connectivity index (χ2n) is 5.68. The third kappa shape index (κ3) is 3.44. The van der Waals surface area contributed by atoms with Gasteiger partial charge < -0.3 is 5.32 Å². The van der Waals surface area contributed by atoms with Crippen LogP contribution in [0.15, 0.2) is 60.4 Å². The Morgan fingerprint density at radius 1 is 1.19 bits per heavy atom. The molecule has 0 aliphatic heterocycles. The van der Waals surface area contributed by atoms with E-state index in [1.807, 2.05) is 43.3 Å². The highest BCUT2D eigenvalue weighted by molar-refractivity contribution is 7.16. The van der Waals surface area contributed by atoms with Crippen molar-refractivity contribution >= 4 is 28.6 Å². The summed E-state index contributed by atoms with van der Waals surface area (Å²) in [6.07, 6.45) is 3.23. The normalized spacial score (nSPS) is 10.8. The molecular weight excluding hydrogens is 364 g/mol. The Bertz CT molecular complexity index is 1030. The summed E-state index contributed by atoms with van der Waals surface area (Å²) in [5.74, 6) is -0.147. The van der Waals surface area contributed by atoms with Crippen LogP contribution >= 0.6 is 22.7 Å². The number of aryl methyl sites for hydroxylation is 1. The van der Waals surface area contributed by atoms with Crippen molar-refractivity contribution in [3.05, 3.63) is 75.9 Å². The first-order valence-corrected chi connectivity index (χ1v) is 9.77. The van der Waals surface area contributed by atoms with Crippen LogP contribution in [0.3, 0.4) is 0 Å². The summed E-state index contributed by atoms with van der Waals surface area (Å²) in [6.45, 7) is 2.48. The molecule has 0 aliphatic carbocycles. The van der Waals surface area contributed by atoms with Gasteiger partial charge in [-0.2, -0.15) is 0 Å². The monoisotopic (exact) mass is 380 g/mol. The van der Waals surface area contributed by atoms with Crippen LogP contribution in [0.4, 0.5) is 0 Å². The van der Waals surface area contributed by atoms with Crippen LogP contribution in [0, 0.1) is 6.92 Å². The number of aromatic nitrogens is 3. The first kappa shape index (κ1) is 16.7. The van der Waals surface area contributed by atoms with Crippen LogP contribution in [0.25, 0.3) is 16.3 Å². The first-order chi connectivity index (χ1) is 12.7. The van der Waals surface area contributed by atoms with Crippen molar-refractivity contribution in [3.63, 3.8) is 0 Å². The van der Waals surface area contributed by atoms with Gasteiger partial charge in [0.15, 0.2) is 0 Å².